The number of benzene rings is 1. The van der Waals surface area contributed by atoms with Crippen LogP contribution in [-0.4, -0.2) is 63.9 Å². The zero-order valence-corrected chi connectivity index (χ0v) is 20.7. The molecule has 1 atom stereocenters. The molecule has 1 aliphatic heterocycles. The van der Waals surface area contributed by atoms with Gasteiger partial charge in [-0.2, -0.15) is 0 Å². The first-order valence-electron chi connectivity index (χ1n) is 11.6. The van der Waals surface area contributed by atoms with E-state index in [2.05, 4.69) is 27.0 Å². The van der Waals surface area contributed by atoms with Crippen LogP contribution >= 0.6 is 11.3 Å². The Bertz CT molecular complexity index is 1160. The van der Waals surface area contributed by atoms with Gasteiger partial charge in [0.25, 0.3) is 5.56 Å². The average Bonchev–Trinajstić information content (AvgIpc) is 3.06. The van der Waals surface area contributed by atoms with Crippen molar-refractivity contribution in [1.82, 2.24) is 25.1 Å². The molecule has 8 heteroatoms. The molecule has 2 aromatic heterocycles. The smallest absolute Gasteiger partial charge is 0.260 e. The summed E-state index contributed by atoms with van der Waals surface area (Å²) in [4.78, 5) is 38.6. The lowest BCUT2D eigenvalue weighted by molar-refractivity contribution is -0.123. The molecule has 176 valence electrons. The topological polar surface area (TPSA) is 81.3 Å². The zero-order valence-electron chi connectivity index (χ0n) is 19.9. The molecule has 1 amide bonds. The third kappa shape index (κ3) is 5.69. The maximum atomic E-state index is 13.0. The number of carbonyl (C=O) groups is 1. The maximum Gasteiger partial charge on any atom is 0.260 e. The molecule has 1 aromatic carbocycles. The Morgan fingerprint density at radius 2 is 1.94 bits per heavy atom. The van der Waals surface area contributed by atoms with Crippen LogP contribution in [0.5, 0.6) is 0 Å². The number of H-pyrrole nitrogens is 1. The molecular formula is C25H33N5O2S. The van der Waals surface area contributed by atoms with Gasteiger partial charge in [0, 0.05) is 36.1 Å². The molecule has 7 nitrogen and oxygen atoms in total. The molecule has 0 aliphatic carbocycles. The van der Waals surface area contributed by atoms with Crippen LogP contribution in [0.2, 0.25) is 0 Å². The number of fused-ring (bicyclic) bond motifs is 1. The van der Waals surface area contributed by atoms with Gasteiger partial charge in [0.15, 0.2) is 0 Å². The molecule has 1 aliphatic rings. The van der Waals surface area contributed by atoms with Gasteiger partial charge in [-0.05, 0) is 46.2 Å². The van der Waals surface area contributed by atoms with Crippen LogP contribution in [0.15, 0.2) is 40.5 Å². The quantitative estimate of drug-likeness (QED) is 0.599. The minimum absolute atomic E-state index is 0.00673. The van der Waals surface area contributed by atoms with Crippen molar-refractivity contribution < 1.29 is 4.79 Å². The summed E-state index contributed by atoms with van der Waals surface area (Å²) >= 11 is 1.51. The van der Waals surface area contributed by atoms with E-state index in [0.29, 0.717) is 17.8 Å². The van der Waals surface area contributed by atoms with Crippen molar-refractivity contribution in [1.29, 1.82) is 0 Å². The van der Waals surface area contributed by atoms with Gasteiger partial charge in [-0.15, -0.1) is 11.3 Å². The van der Waals surface area contributed by atoms with E-state index in [1.807, 2.05) is 56.5 Å². The first-order valence-corrected chi connectivity index (χ1v) is 12.4. The van der Waals surface area contributed by atoms with Gasteiger partial charge in [-0.1, -0.05) is 30.3 Å². The number of thiophene rings is 1. The average molecular weight is 468 g/mol. The molecule has 3 heterocycles. The van der Waals surface area contributed by atoms with Crippen molar-refractivity contribution in [3.8, 4) is 11.1 Å². The molecule has 33 heavy (non-hydrogen) atoms. The largest absolute Gasteiger partial charge is 0.350 e. The van der Waals surface area contributed by atoms with Gasteiger partial charge in [-0.3, -0.25) is 19.4 Å². The van der Waals surface area contributed by atoms with Gasteiger partial charge in [-0.25, -0.2) is 4.98 Å². The van der Waals surface area contributed by atoms with Gasteiger partial charge < -0.3 is 10.3 Å². The van der Waals surface area contributed by atoms with Crippen LogP contribution < -0.4 is 10.9 Å². The highest BCUT2D eigenvalue weighted by molar-refractivity contribution is 7.17. The van der Waals surface area contributed by atoms with Crippen LogP contribution in [0.1, 0.15) is 46.0 Å². The van der Waals surface area contributed by atoms with Gasteiger partial charge >= 0.3 is 0 Å². The molecule has 0 spiro atoms. The Morgan fingerprint density at radius 1 is 1.18 bits per heavy atom. The first kappa shape index (κ1) is 23.6. The Balaban J connectivity index is 1.47. The number of carbonyl (C=O) groups excluding carboxylic acids is 1. The van der Waals surface area contributed by atoms with Crippen molar-refractivity contribution in [2.24, 2.45) is 0 Å². The number of hydrogen-bond donors (Lipinski definition) is 2. The van der Waals surface area contributed by atoms with E-state index in [1.165, 1.54) is 11.3 Å². The number of rotatable bonds is 5. The van der Waals surface area contributed by atoms with Crippen molar-refractivity contribution in [2.75, 3.05) is 32.7 Å². The summed E-state index contributed by atoms with van der Waals surface area (Å²) in [7, 11) is 0. The second kappa shape index (κ2) is 9.75. The maximum absolute atomic E-state index is 13.0. The summed E-state index contributed by atoms with van der Waals surface area (Å²) in [5.41, 5.74) is 1.65. The monoisotopic (exact) mass is 467 g/mol. The molecular weight excluding hydrogens is 434 g/mol. The van der Waals surface area contributed by atoms with Gasteiger partial charge in [0.2, 0.25) is 5.91 Å². The number of amides is 1. The highest BCUT2D eigenvalue weighted by atomic mass is 32.1. The molecule has 3 aromatic rings. The van der Waals surface area contributed by atoms with Crippen molar-refractivity contribution in [2.45, 2.75) is 45.7 Å². The van der Waals surface area contributed by atoms with E-state index in [1.54, 1.807) is 0 Å². The third-order valence-corrected chi connectivity index (χ3v) is 6.87. The highest BCUT2D eigenvalue weighted by Crippen LogP contribution is 2.31. The Kier molecular flexibility index (Phi) is 6.97. The Labute approximate surface area is 198 Å². The van der Waals surface area contributed by atoms with Gasteiger partial charge in [0.05, 0.1) is 18.0 Å². The summed E-state index contributed by atoms with van der Waals surface area (Å²) in [6.07, 6.45) is 0.969. The van der Waals surface area contributed by atoms with E-state index in [-0.39, 0.29) is 23.0 Å². The molecule has 4 rings (SSSR count). The first-order chi connectivity index (χ1) is 15.7. The summed E-state index contributed by atoms with van der Waals surface area (Å²) in [6, 6.07) is 9.95. The summed E-state index contributed by atoms with van der Waals surface area (Å²) in [5.74, 6) is 0.764. The summed E-state index contributed by atoms with van der Waals surface area (Å²) in [6.45, 7) is 11.9. The number of nitrogens with zero attached hydrogens (tertiary/aromatic N) is 3. The van der Waals surface area contributed by atoms with E-state index in [9.17, 15) is 9.59 Å². The van der Waals surface area contributed by atoms with Crippen LogP contribution in [0.4, 0.5) is 0 Å². The normalized spacial score (nSPS) is 17.1. The third-order valence-electron chi connectivity index (χ3n) is 6.00. The van der Waals surface area contributed by atoms with Crippen molar-refractivity contribution >= 4 is 27.5 Å². The van der Waals surface area contributed by atoms with Crippen molar-refractivity contribution in [3.63, 3.8) is 0 Å². The Hall–Kier alpha value is -2.55. The molecule has 1 saturated heterocycles. The molecule has 0 radical (unpaired) electrons. The molecule has 0 saturated carbocycles. The predicted molar refractivity (Wildman–Crippen MR) is 135 cm³/mol. The standard InChI is InChI=1S/C25H33N5O2S/c1-17(30-12-8-11-29(13-14-30)15-20(31)28-25(2,3)4)22-26-23(32)21-19(16-33-24(21)27-22)18-9-6-5-7-10-18/h5-7,9-10,16-17H,8,11-15H2,1-4H3,(H,28,31)(H,26,27,32). The van der Waals surface area contributed by atoms with E-state index >= 15 is 0 Å². The lowest BCUT2D eigenvalue weighted by Crippen LogP contribution is -2.46. The van der Waals surface area contributed by atoms with E-state index < -0.39 is 0 Å². The van der Waals surface area contributed by atoms with Crippen LogP contribution in [0, 0.1) is 0 Å². The summed E-state index contributed by atoms with van der Waals surface area (Å²) < 4.78 is 0. The lowest BCUT2D eigenvalue weighted by Gasteiger charge is -2.27. The fourth-order valence-electron chi connectivity index (χ4n) is 4.36. The minimum Gasteiger partial charge on any atom is -0.350 e. The second-order valence-electron chi connectivity index (χ2n) is 9.79. The Morgan fingerprint density at radius 3 is 2.67 bits per heavy atom. The van der Waals surface area contributed by atoms with Crippen LogP contribution in [0.25, 0.3) is 21.3 Å². The number of hydrogen-bond acceptors (Lipinski definition) is 6. The molecule has 1 fully saturated rings. The highest BCUT2D eigenvalue weighted by Gasteiger charge is 2.25. The minimum atomic E-state index is -0.220. The molecule has 2 N–H and O–H groups in total. The summed E-state index contributed by atoms with van der Waals surface area (Å²) in [5, 5.41) is 5.72. The SMILES string of the molecule is CC(c1nc2scc(-c3ccccc3)c2c(=O)[nH]1)N1CCCN(CC(=O)NC(C)(C)C)CC1. The molecule has 0 bridgehead atoms. The number of aromatic nitrogens is 2. The van der Waals surface area contributed by atoms with E-state index in [0.717, 1.165) is 48.6 Å². The van der Waals surface area contributed by atoms with Crippen molar-refractivity contribution in [3.05, 3.63) is 51.9 Å². The zero-order chi connectivity index (χ0) is 23.6. The van der Waals surface area contributed by atoms with Gasteiger partial charge in [0.1, 0.15) is 10.7 Å². The number of nitrogens with one attached hydrogen (secondary N) is 2. The second-order valence-corrected chi connectivity index (χ2v) is 10.6. The fraction of sp³-hybridized carbons (Fsp3) is 0.480. The fourth-order valence-corrected chi connectivity index (χ4v) is 5.32. The number of aromatic amines is 1. The van der Waals surface area contributed by atoms with E-state index in [4.69, 9.17) is 4.98 Å². The lowest BCUT2D eigenvalue weighted by atomic mass is 10.1. The predicted octanol–water partition coefficient (Wildman–Crippen LogP) is 3.64. The van der Waals surface area contributed by atoms with Crippen LogP contribution in [0.3, 0.4) is 0 Å². The molecule has 1 unspecified atom stereocenters. The van der Waals surface area contributed by atoms with Crippen LogP contribution in [-0.2, 0) is 4.79 Å².